The number of carboxylic acids is 1. The molecule has 8 heteroatoms. The molecule has 1 saturated heterocycles. The van der Waals surface area contributed by atoms with Crippen molar-refractivity contribution >= 4 is 30.0 Å². The van der Waals surface area contributed by atoms with Gasteiger partial charge in [-0.1, -0.05) is 0 Å². The number of nitrogens with one attached hydrogen (secondary N) is 2. The van der Waals surface area contributed by atoms with Crippen molar-refractivity contribution in [3.63, 3.8) is 0 Å². The molecular weight excluding hydrogens is 218 g/mol. The third-order valence-corrected chi connectivity index (χ3v) is 1.75. The van der Waals surface area contributed by atoms with E-state index in [1.54, 1.807) is 0 Å². The average molecular weight is 227 g/mol. The Bertz CT molecular complexity index is 356. The summed E-state index contributed by atoms with van der Waals surface area (Å²) in [6.07, 6.45) is 0.839. The summed E-state index contributed by atoms with van der Waals surface area (Å²) in [7, 11) is 0. The quantitative estimate of drug-likeness (QED) is 0.398. The molecule has 1 aliphatic rings. The van der Waals surface area contributed by atoms with E-state index in [1.807, 2.05) is 10.6 Å². The van der Waals surface area contributed by atoms with Crippen molar-refractivity contribution in [2.75, 3.05) is 6.54 Å². The molecule has 0 aromatic heterocycles. The van der Waals surface area contributed by atoms with E-state index in [1.165, 1.54) is 0 Å². The van der Waals surface area contributed by atoms with E-state index in [-0.39, 0.29) is 13.0 Å². The molecule has 16 heavy (non-hydrogen) atoms. The summed E-state index contributed by atoms with van der Waals surface area (Å²) in [5.41, 5.74) is 0. The molecule has 86 valence electrons. The average Bonchev–Trinajstić information content (AvgIpc) is 2.14. The second-order valence-electron chi connectivity index (χ2n) is 2.98. The Kier molecular flexibility index (Phi) is 3.70. The van der Waals surface area contributed by atoms with Crippen LogP contribution in [0.4, 0.5) is 4.79 Å². The third kappa shape index (κ3) is 3.15. The van der Waals surface area contributed by atoms with E-state index < -0.39 is 29.7 Å². The highest BCUT2D eigenvalue weighted by Gasteiger charge is 2.32. The first-order chi connectivity index (χ1) is 7.50. The monoisotopic (exact) mass is 227 g/mol. The van der Waals surface area contributed by atoms with Crippen LogP contribution in [0.25, 0.3) is 0 Å². The van der Waals surface area contributed by atoms with Crippen LogP contribution >= 0.6 is 0 Å². The summed E-state index contributed by atoms with van der Waals surface area (Å²) in [4.78, 5) is 46.7. The third-order valence-electron chi connectivity index (χ3n) is 1.75. The van der Waals surface area contributed by atoms with Crippen molar-refractivity contribution in [1.82, 2.24) is 10.6 Å². The second kappa shape index (κ2) is 5.01. The van der Waals surface area contributed by atoms with Gasteiger partial charge in [0.05, 0.1) is 6.42 Å². The Labute approximate surface area is 89.7 Å². The topological polar surface area (TPSA) is 125 Å². The molecule has 0 aromatic carbocycles. The maximum atomic E-state index is 11.1. The van der Waals surface area contributed by atoms with E-state index in [0.29, 0.717) is 0 Å². The number of hydrogen-bond donors (Lipinski definition) is 3. The second-order valence-corrected chi connectivity index (χ2v) is 2.98. The van der Waals surface area contributed by atoms with E-state index >= 15 is 0 Å². The molecule has 0 spiro atoms. The Morgan fingerprint density at radius 2 is 1.88 bits per heavy atom. The molecule has 0 unspecified atom stereocenters. The minimum Gasteiger partial charge on any atom is -0.481 e. The van der Waals surface area contributed by atoms with Crippen LogP contribution in [0.5, 0.6) is 0 Å². The van der Waals surface area contributed by atoms with Gasteiger partial charge in [-0.15, -0.1) is 0 Å². The maximum absolute atomic E-state index is 11.1. The zero-order valence-corrected chi connectivity index (χ0v) is 8.10. The summed E-state index contributed by atoms with van der Waals surface area (Å²) in [5.74, 6) is -3.75. The number of carbonyl (C=O) groups is 4. The number of aliphatic carboxylic acids is 1. The van der Waals surface area contributed by atoms with Gasteiger partial charge in [-0.3, -0.25) is 30.0 Å². The fourth-order valence-corrected chi connectivity index (χ4v) is 1.01. The van der Waals surface area contributed by atoms with Gasteiger partial charge in [0, 0.05) is 12.8 Å². The summed E-state index contributed by atoms with van der Waals surface area (Å²) in [6.45, 7) is -0.0274. The molecule has 8 nitrogen and oxygen atoms in total. The number of urea groups is 1. The van der Waals surface area contributed by atoms with Gasteiger partial charge in [0.15, 0.2) is 5.92 Å². The normalized spacial score (nSPS) is 17.4. The highest BCUT2D eigenvalue weighted by atomic mass is 16.4. The first kappa shape index (κ1) is 11.8. The van der Waals surface area contributed by atoms with Gasteiger partial charge in [0.1, 0.15) is 0 Å². The van der Waals surface area contributed by atoms with E-state index in [9.17, 15) is 19.2 Å². The van der Waals surface area contributed by atoms with Gasteiger partial charge in [0.25, 0.3) is 0 Å². The van der Waals surface area contributed by atoms with Crippen molar-refractivity contribution in [2.45, 2.75) is 6.42 Å². The van der Waals surface area contributed by atoms with Crippen LogP contribution in [-0.4, -0.2) is 41.7 Å². The first-order valence-corrected chi connectivity index (χ1v) is 4.38. The molecule has 1 fully saturated rings. The lowest BCUT2D eigenvalue weighted by Crippen LogP contribution is -2.56. The van der Waals surface area contributed by atoms with Crippen LogP contribution in [0, 0.1) is 5.92 Å². The van der Waals surface area contributed by atoms with Gasteiger partial charge in [-0.05, 0) is 0 Å². The number of hydrogen-bond acceptors (Lipinski definition) is 5. The minimum atomic E-state index is -1.19. The molecule has 1 rings (SSSR count). The Balaban J connectivity index is 2.52. The molecule has 1 heterocycles. The van der Waals surface area contributed by atoms with E-state index in [0.717, 1.165) is 6.21 Å². The Morgan fingerprint density at radius 3 is 2.38 bits per heavy atom. The molecule has 0 bridgehead atoms. The molecule has 0 aromatic rings. The van der Waals surface area contributed by atoms with Crippen molar-refractivity contribution in [3.05, 3.63) is 0 Å². The number of imide groups is 2. The maximum Gasteiger partial charge on any atom is 0.328 e. The van der Waals surface area contributed by atoms with Crippen molar-refractivity contribution in [2.24, 2.45) is 10.9 Å². The van der Waals surface area contributed by atoms with Crippen LogP contribution in [0.1, 0.15) is 6.42 Å². The standard InChI is InChI=1S/C8H9N3O5/c12-5(13)1-2-9-3-4-6(14)10-8(16)11-7(4)15/h3-4H,1-2H2,(H,12,13)(H2,10,11,14,15,16). The van der Waals surface area contributed by atoms with Crippen LogP contribution in [-0.2, 0) is 14.4 Å². The zero-order chi connectivity index (χ0) is 12.1. The van der Waals surface area contributed by atoms with Gasteiger partial charge < -0.3 is 5.11 Å². The van der Waals surface area contributed by atoms with Crippen molar-refractivity contribution in [3.8, 4) is 0 Å². The fraction of sp³-hybridized carbons (Fsp3) is 0.375. The van der Waals surface area contributed by atoms with E-state index in [4.69, 9.17) is 5.11 Å². The fourth-order valence-electron chi connectivity index (χ4n) is 1.01. The molecule has 0 radical (unpaired) electrons. The summed E-state index contributed by atoms with van der Waals surface area (Å²) < 4.78 is 0. The molecule has 0 atom stereocenters. The molecule has 0 saturated carbocycles. The van der Waals surface area contributed by atoms with Crippen molar-refractivity contribution in [1.29, 1.82) is 0 Å². The highest BCUT2D eigenvalue weighted by Crippen LogP contribution is 1.99. The van der Waals surface area contributed by atoms with Gasteiger partial charge >= 0.3 is 12.0 Å². The lowest BCUT2D eigenvalue weighted by molar-refractivity contribution is -0.137. The largest absolute Gasteiger partial charge is 0.481 e. The summed E-state index contributed by atoms with van der Waals surface area (Å²) in [6, 6.07) is -0.870. The molecule has 0 aliphatic carbocycles. The molecule has 1 aliphatic heterocycles. The van der Waals surface area contributed by atoms with Crippen molar-refractivity contribution < 1.29 is 24.3 Å². The Morgan fingerprint density at radius 1 is 1.31 bits per heavy atom. The van der Waals surface area contributed by atoms with Crippen LogP contribution in [0.15, 0.2) is 4.99 Å². The SMILES string of the molecule is O=C(O)CCN=CC1C(=O)NC(=O)NC1=O. The molecular formula is C8H9N3O5. The zero-order valence-electron chi connectivity index (χ0n) is 8.10. The number of carboxylic acid groups (broad SMARTS) is 1. The summed E-state index contributed by atoms with van der Waals surface area (Å²) in [5, 5.41) is 12.1. The van der Waals surface area contributed by atoms with Gasteiger partial charge in [-0.2, -0.15) is 0 Å². The number of rotatable bonds is 4. The van der Waals surface area contributed by atoms with Crippen LogP contribution < -0.4 is 10.6 Å². The number of barbiturate groups is 1. The summed E-state index contributed by atoms with van der Waals surface area (Å²) >= 11 is 0. The van der Waals surface area contributed by atoms with E-state index in [2.05, 4.69) is 4.99 Å². The number of aliphatic imine (C=N–C) groups is 1. The van der Waals surface area contributed by atoms with Crippen LogP contribution in [0.3, 0.4) is 0 Å². The van der Waals surface area contributed by atoms with Gasteiger partial charge in [0.2, 0.25) is 11.8 Å². The molecule has 4 amide bonds. The Hall–Kier alpha value is -2.25. The lowest BCUT2D eigenvalue weighted by Gasteiger charge is -2.16. The smallest absolute Gasteiger partial charge is 0.328 e. The predicted molar refractivity (Wildman–Crippen MR) is 50.8 cm³/mol. The number of carbonyl (C=O) groups excluding carboxylic acids is 3. The lowest BCUT2D eigenvalue weighted by atomic mass is 10.1. The first-order valence-electron chi connectivity index (χ1n) is 4.38. The van der Waals surface area contributed by atoms with Crippen LogP contribution in [0.2, 0.25) is 0 Å². The number of amides is 4. The molecule has 3 N–H and O–H groups in total. The highest BCUT2D eigenvalue weighted by molar-refractivity contribution is 6.23. The minimum absolute atomic E-state index is 0.0274. The predicted octanol–water partition coefficient (Wildman–Crippen LogP) is -1.49. The number of nitrogens with zero attached hydrogens (tertiary/aromatic N) is 1. The van der Waals surface area contributed by atoms with Gasteiger partial charge in [-0.25, -0.2) is 4.79 Å².